The minimum absolute atomic E-state index is 0.0547. The molecule has 48 heavy (non-hydrogen) atoms. The maximum absolute atomic E-state index is 13.5. The standard InChI is InChI=1S/C36H55N9O3/c1-44(2,22-18-37)24-20-43(21-25-45(3,4)23-19-38)34(46)17-15-31(39)35(47)42-33(16-14-28-10-6-5-7-11-28)36(48)41-30-26-29-12-8-9-13-32(29)40-27-30/h5-13,26-27,31,33H,14-25,37-39H2,1-4H3/p+2/t31?,33-/m0/s1. The smallest absolute Gasteiger partial charge is 0.247 e. The molecule has 262 valence electrons. The second-order valence-corrected chi connectivity index (χ2v) is 13.9. The van der Waals surface area contributed by atoms with Gasteiger partial charge in [0, 0.05) is 24.9 Å². The maximum Gasteiger partial charge on any atom is 0.247 e. The zero-order chi connectivity index (χ0) is 35.2. The molecule has 0 saturated heterocycles. The van der Waals surface area contributed by atoms with Gasteiger partial charge in [0.1, 0.15) is 6.04 Å². The Morgan fingerprint density at radius 2 is 1.42 bits per heavy atom. The van der Waals surface area contributed by atoms with Crippen molar-refractivity contribution in [1.29, 1.82) is 0 Å². The molecule has 3 aromatic rings. The summed E-state index contributed by atoms with van der Waals surface area (Å²) >= 11 is 0. The molecular weight excluding hydrogens is 606 g/mol. The summed E-state index contributed by atoms with van der Waals surface area (Å²) in [5, 5.41) is 6.67. The van der Waals surface area contributed by atoms with E-state index >= 15 is 0 Å². The Hall–Kier alpha value is -3.94. The van der Waals surface area contributed by atoms with Crippen LogP contribution in [0.3, 0.4) is 0 Å². The fraction of sp³-hybridized carbons (Fsp3) is 0.500. The highest BCUT2D eigenvalue weighted by Crippen LogP contribution is 2.17. The van der Waals surface area contributed by atoms with Gasteiger partial charge in [-0.3, -0.25) is 19.4 Å². The number of pyridine rings is 1. The summed E-state index contributed by atoms with van der Waals surface area (Å²) in [6, 6.07) is 17.5. The van der Waals surface area contributed by atoms with Crippen LogP contribution >= 0.6 is 0 Å². The van der Waals surface area contributed by atoms with Gasteiger partial charge >= 0.3 is 0 Å². The summed E-state index contributed by atoms with van der Waals surface area (Å²) < 4.78 is 1.40. The Morgan fingerprint density at radius 1 is 0.812 bits per heavy atom. The van der Waals surface area contributed by atoms with Crippen molar-refractivity contribution < 1.29 is 23.3 Å². The zero-order valence-electron chi connectivity index (χ0n) is 29.2. The second kappa shape index (κ2) is 18.6. The van der Waals surface area contributed by atoms with Gasteiger partial charge in [0.25, 0.3) is 0 Å². The van der Waals surface area contributed by atoms with Gasteiger partial charge in [-0.15, -0.1) is 0 Å². The average molecular weight is 664 g/mol. The first kappa shape index (κ1) is 38.5. The van der Waals surface area contributed by atoms with Crippen LogP contribution < -0.4 is 27.8 Å². The number of amides is 3. The molecule has 3 amide bonds. The van der Waals surface area contributed by atoms with Crippen LogP contribution in [0.2, 0.25) is 0 Å². The van der Waals surface area contributed by atoms with Crippen LogP contribution in [0.1, 0.15) is 24.8 Å². The predicted molar refractivity (Wildman–Crippen MR) is 193 cm³/mol. The molecule has 0 spiro atoms. The molecule has 2 atom stereocenters. The summed E-state index contributed by atoms with van der Waals surface area (Å²) in [5.74, 6) is -0.885. The van der Waals surface area contributed by atoms with Crippen LogP contribution in [0.4, 0.5) is 5.69 Å². The number of nitrogens with zero attached hydrogens (tertiary/aromatic N) is 4. The van der Waals surface area contributed by atoms with Gasteiger partial charge in [-0.1, -0.05) is 48.5 Å². The number of carbonyl (C=O) groups is 3. The SMILES string of the molecule is C[N+](C)(CCN)CCN(CC[N+](C)(C)CCN)C(=O)CCC(N)C(=O)N[C@@H](CCc1ccccc1)C(=O)Nc1cnc2ccccc2c1. The van der Waals surface area contributed by atoms with Gasteiger partial charge in [-0.25, -0.2) is 0 Å². The number of hydrogen-bond acceptors (Lipinski definition) is 7. The van der Waals surface area contributed by atoms with Crippen molar-refractivity contribution in [2.75, 3.05) is 85.9 Å². The number of nitrogens with two attached hydrogens (primary N) is 3. The Labute approximate surface area is 285 Å². The fourth-order valence-corrected chi connectivity index (χ4v) is 5.51. The summed E-state index contributed by atoms with van der Waals surface area (Å²) in [7, 11) is 8.41. The molecule has 3 rings (SSSR count). The molecule has 0 aliphatic rings. The minimum atomic E-state index is -0.959. The molecule has 12 nitrogen and oxygen atoms in total. The largest absolute Gasteiger partial charge is 0.343 e. The van der Waals surface area contributed by atoms with E-state index in [1.54, 1.807) is 6.20 Å². The Bertz CT molecular complexity index is 1440. The lowest BCUT2D eigenvalue weighted by Gasteiger charge is -2.35. The maximum atomic E-state index is 13.5. The molecule has 1 unspecified atom stereocenters. The van der Waals surface area contributed by atoms with E-state index in [0.717, 1.165) is 42.6 Å². The lowest BCUT2D eigenvalue weighted by atomic mass is 10.0. The van der Waals surface area contributed by atoms with Gasteiger partial charge in [-0.2, -0.15) is 0 Å². The van der Waals surface area contributed by atoms with Crippen LogP contribution in [0.25, 0.3) is 10.9 Å². The van der Waals surface area contributed by atoms with Crippen molar-refractivity contribution in [2.24, 2.45) is 17.2 Å². The lowest BCUT2D eigenvalue weighted by Crippen LogP contribution is -2.53. The molecule has 2 aromatic carbocycles. The summed E-state index contributed by atoms with van der Waals surface area (Å²) in [5.41, 5.74) is 20.4. The van der Waals surface area contributed by atoms with Crippen molar-refractivity contribution in [3.63, 3.8) is 0 Å². The average Bonchev–Trinajstić information content (AvgIpc) is 3.05. The second-order valence-electron chi connectivity index (χ2n) is 13.9. The number of aryl methyl sites for hydroxylation is 1. The van der Waals surface area contributed by atoms with Gasteiger partial charge in [0.15, 0.2) is 0 Å². The third-order valence-corrected chi connectivity index (χ3v) is 8.83. The number of carbonyl (C=O) groups excluding carboxylic acids is 3. The topological polar surface area (TPSA) is 169 Å². The molecule has 8 N–H and O–H groups in total. The highest BCUT2D eigenvalue weighted by Gasteiger charge is 2.27. The first-order valence-corrected chi connectivity index (χ1v) is 16.9. The monoisotopic (exact) mass is 663 g/mol. The summed E-state index contributed by atoms with van der Waals surface area (Å²) in [6.45, 7) is 5.39. The molecular formula is C36H57N9O3+2. The van der Waals surface area contributed by atoms with Crippen LogP contribution in [-0.2, 0) is 20.8 Å². The van der Waals surface area contributed by atoms with Gasteiger partial charge < -0.3 is 41.7 Å². The molecule has 0 aliphatic carbocycles. The Morgan fingerprint density at radius 3 is 2.04 bits per heavy atom. The number of likely N-dealkylation sites (N-methyl/N-ethyl adjacent to an activating group) is 2. The van der Waals surface area contributed by atoms with Crippen LogP contribution in [0, 0.1) is 0 Å². The number of hydrogen-bond donors (Lipinski definition) is 5. The van der Waals surface area contributed by atoms with E-state index in [2.05, 4.69) is 43.8 Å². The number of fused-ring (bicyclic) bond motifs is 1. The van der Waals surface area contributed by atoms with Crippen molar-refractivity contribution >= 4 is 34.3 Å². The van der Waals surface area contributed by atoms with E-state index in [9.17, 15) is 14.4 Å². The summed E-state index contributed by atoms with van der Waals surface area (Å²) in [6.07, 6.45) is 2.83. The third kappa shape index (κ3) is 12.9. The Kier molecular flexibility index (Phi) is 14.9. The fourth-order valence-electron chi connectivity index (χ4n) is 5.51. The van der Waals surface area contributed by atoms with E-state index in [1.807, 2.05) is 65.6 Å². The molecule has 0 saturated carbocycles. The normalized spacial score (nSPS) is 13.1. The van der Waals surface area contributed by atoms with E-state index in [4.69, 9.17) is 17.2 Å². The van der Waals surface area contributed by atoms with Crippen molar-refractivity contribution in [3.8, 4) is 0 Å². The number of anilines is 1. The van der Waals surface area contributed by atoms with Crippen molar-refractivity contribution in [2.45, 2.75) is 37.8 Å². The highest BCUT2D eigenvalue weighted by atomic mass is 16.2. The predicted octanol–water partition coefficient (Wildman–Crippen LogP) is 1.30. The van der Waals surface area contributed by atoms with Crippen LogP contribution in [0.15, 0.2) is 66.9 Å². The highest BCUT2D eigenvalue weighted by molar-refractivity contribution is 5.99. The lowest BCUT2D eigenvalue weighted by molar-refractivity contribution is -0.890. The first-order chi connectivity index (χ1) is 22.8. The van der Waals surface area contributed by atoms with Gasteiger partial charge in [0.2, 0.25) is 17.7 Å². The molecule has 0 radical (unpaired) electrons. The molecule has 0 bridgehead atoms. The van der Waals surface area contributed by atoms with Gasteiger partial charge in [0.05, 0.1) is 90.9 Å². The molecule has 1 heterocycles. The van der Waals surface area contributed by atoms with E-state index < -0.39 is 18.0 Å². The van der Waals surface area contributed by atoms with E-state index in [0.29, 0.717) is 53.7 Å². The van der Waals surface area contributed by atoms with Gasteiger partial charge in [-0.05, 0) is 37.0 Å². The molecule has 0 aliphatic heterocycles. The van der Waals surface area contributed by atoms with Crippen LogP contribution in [-0.4, -0.2) is 129 Å². The van der Waals surface area contributed by atoms with E-state index in [-0.39, 0.29) is 24.7 Å². The number of aromatic nitrogens is 1. The first-order valence-electron chi connectivity index (χ1n) is 16.9. The number of benzene rings is 2. The number of rotatable bonds is 20. The quantitative estimate of drug-likeness (QED) is 0.114. The molecule has 0 fully saturated rings. The van der Waals surface area contributed by atoms with Crippen LogP contribution in [0.5, 0.6) is 0 Å². The van der Waals surface area contributed by atoms with E-state index in [1.165, 1.54) is 0 Å². The zero-order valence-corrected chi connectivity index (χ0v) is 29.2. The van der Waals surface area contributed by atoms with Crippen molar-refractivity contribution in [3.05, 3.63) is 72.4 Å². The summed E-state index contributed by atoms with van der Waals surface area (Å²) in [4.78, 5) is 46.7. The third-order valence-electron chi connectivity index (χ3n) is 8.83. The minimum Gasteiger partial charge on any atom is -0.343 e. The molecule has 1 aromatic heterocycles. The number of nitrogens with one attached hydrogen (secondary N) is 2. The number of para-hydroxylation sites is 1. The van der Waals surface area contributed by atoms with Crippen molar-refractivity contribution in [1.82, 2.24) is 15.2 Å². The molecule has 12 heteroatoms. The number of quaternary nitrogens is 2. The Balaban J connectivity index is 1.65.